The number of hydrogen-bond donors (Lipinski definition) is 1. The van der Waals surface area contributed by atoms with Crippen molar-refractivity contribution in [1.29, 1.82) is 5.26 Å². The number of nitrogens with zero attached hydrogens (tertiary/aromatic N) is 4. The van der Waals surface area contributed by atoms with Gasteiger partial charge in [0.1, 0.15) is 0 Å². The first-order valence-electron chi connectivity index (χ1n) is 8.50. The molecule has 1 aliphatic heterocycles. The summed E-state index contributed by atoms with van der Waals surface area (Å²) in [6.45, 7) is 5.86. The second-order valence-corrected chi connectivity index (χ2v) is 6.84. The number of nitriles is 1. The number of hydrogen-bond acceptors (Lipinski definition) is 4. The molecule has 6 nitrogen and oxygen atoms in total. The molecule has 1 aromatic heterocycles. The van der Waals surface area contributed by atoms with Gasteiger partial charge in [-0.1, -0.05) is 18.2 Å². The Morgan fingerprint density at radius 2 is 2.20 bits per heavy atom. The Balaban J connectivity index is 1.87. The van der Waals surface area contributed by atoms with E-state index >= 15 is 0 Å². The van der Waals surface area contributed by atoms with Gasteiger partial charge in [0.15, 0.2) is 0 Å². The van der Waals surface area contributed by atoms with Crippen LogP contribution in [0.4, 0.5) is 0 Å². The molecule has 1 N–H and O–H groups in total. The SMILES string of the molecule is CC(C)NC(=O)C1CN(Cc2ccccc2C#N)Cc2ncn(C)c21. The van der Waals surface area contributed by atoms with Gasteiger partial charge in [0.2, 0.25) is 5.91 Å². The monoisotopic (exact) mass is 337 g/mol. The number of amides is 1. The third-order valence-corrected chi connectivity index (χ3v) is 4.49. The fourth-order valence-electron chi connectivity index (χ4n) is 3.40. The Labute approximate surface area is 148 Å². The molecular formula is C19H23N5O. The molecule has 25 heavy (non-hydrogen) atoms. The zero-order valence-corrected chi connectivity index (χ0v) is 14.9. The minimum Gasteiger partial charge on any atom is -0.353 e. The van der Waals surface area contributed by atoms with Crippen LogP contribution in [-0.2, 0) is 24.9 Å². The van der Waals surface area contributed by atoms with E-state index in [-0.39, 0.29) is 17.9 Å². The Kier molecular flexibility index (Phi) is 4.86. The number of benzene rings is 1. The molecule has 3 rings (SSSR count). The van der Waals surface area contributed by atoms with E-state index in [2.05, 4.69) is 21.3 Å². The van der Waals surface area contributed by atoms with E-state index in [0.29, 0.717) is 25.2 Å². The molecule has 6 heteroatoms. The highest BCUT2D eigenvalue weighted by atomic mass is 16.2. The minimum atomic E-state index is -0.257. The number of fused-ring (bicyclic) bond motifs is 1. The van der Waals surface area contributed by atoms with Crippen molar-refractivity contribution in [2.75, 3.05) is 6.54 Å². The highest BCUT2D eigenvalue weighted by molar-refractivity contribution is 5.84. The fourth-order valence-corrected chi connectivity index (χ4v) is 3.40. The Hall–Kier alpha value is -2.65. The molecule has 1 unspecified atom stereocenters. The maximum absolute atomic E-state index is 12.7. The molecule has 2 aromatic rings. The summed E-state index contributed by atoms with van der Waals surface area (Å²) in [4.78, 5) is 19.4. The molecule has 1 amide bonds. The first-order valence-corrected chi connectivity index (χ1v) is 8.50. The van der Waals surface area contributed by atoms with Crippen LogP contribution in [0.5, 0.6) is 0 Å². The Morgan fingerprint density at radius 3 is 2.92 bits per heavy atom. The van der Waals surface area contributed by atoms with Gasteiger partial charge in [0.05, 0.1) is 35.3 Å². The van der Waals surface area contributed by atoms with E-state index in [4.69, 9.17) is 0 Å². The highest BCUT2D eigenvalue weighted by Crippen LogP contribution is 2.29. The number of nitrogens with one attached hydrogen (secondary N) is 1. The van der Waals surface area contributed by atoms with Crippen LogP contribution in [0.3, 0.4) is 0 Å². The molecule has 0 bridgehead atoms. The van der Waals surface area contributed by atoms with Gasteiger partial charge in [-0.3, -0.25) is 9.69 Å². The van der Waals surface area contributed by atoms with Crippen molar-refractivity contribution in [3.8, 4) is 6.07 Å². The molecule has 1 aromatic carbocycles. The van der Waals surface area contributed by atoms with E-state index in [1.165, 1.54) is 0 Å². The summed E-state index contributed by atoms with van der Waals surface area (Å²) in [5.74, 6) is -0.231. The summed E-state index contributed by atoms with van der Waals surface area (Å²) in [5, 5.41) is 12.3. The maximum Gasteiger partial charge on any atom is 0.230 e. The molecule has 1 atom stereocenters. The van der Waals surface area contributed by atoms with Gasteiger partial charge in [-0.15, -0.1) is 0 Å². The van der Waals surface area contributed by atoms with Crippen LogP contribution in [-0.4, -0.2) is 32.9 Å². The van der Waals surface area contributed by atoms with Gasteiger partial charge in [-0.2, -0.15) is 5.26 Å². The van der Waals surface area contributed by atoms with E-state index in [9.17, 15) is 10.1 Å². The van der Waals surface area contributed by atoms with Crippen LogP contribution in [0.1, 0.15) is 42.3 Å². The van der Waals surface area contributed by atoms with Crippen molar-refractivity contribution in [1.82, 2.24) is 19.8 Å². The van der Waals surface area contributed by atoms with Crippen molar-refractivity contribution in [3.63, 3.8) is 0 Å². The quantitative estimate of drug-likeness (QED) is 0.925. The lowest BCUT2D eigenvalue weighted by molar-refractivity contribution is -0.124. The molecule has 2 heterocycles. The molecule has 1 aliphatic rings. The summed E-state index contributed by atoms with van der Waals surface area (Å²) in [6.07, 6.45) is 1.77. The predicted molar refractivity (Wildman–Crippen MR) is 94.5 cm³/mol. The molecule has 0 saturated carbocycles. The summed E-state index contributed by atoms with van der Waals surface area (Å²) in [6, 6.07) is 9.94. The lowest BCUT2D eigenvalue weighted by atomic mass is 9.96. The highest BCUT2D eigenvalue weighted by Gasteiger charge is 2.34. The largest absolute Gasteiger partial charge is 0.353 e. The lowest BCUT2D eigenvalue weighted by Crippen LogP contribution is -2.43. The number of carbonyl (C=O) groups is 1. The predicted octanol–water partition coefficient (Wildman–Crippen LogP) is 1.92. The molecule has 0 aliphatic carbocycles. The summed E-state index contributed by atoms with van der Waals surface area (Å²) < 4.78 is 1.94. The summed E-state index contributed by atoms with van der Waals surface area (Å²) in [5.41, 5.74) is 3.58. The first-order chi connectivity index (χ1) is 12.0. The molecule has 0 fully saturated rings. The van der Waals surface area contributed by atoms with Crippen molar-refractivity contribution < 1.29 is 4.79 Å². The summed E-state index contributed by atoms with van der Waals surface area (Å²) >= 11 is 0. The fraction of sp³-hybridized carbons (Fsp3) is 0.421. The lowest BCUT2D eigenvalue weighted by Gasteiger charge is -2.32. The smallest absolute Gasteiger partial charge is 0.230 e. The third kappa shape index (κ3) is 3.57. The van der Waals surface area contributed by atoms with Crippen LogP contribution in [0.25, 0.3) is 0 Å². The third-order valence-electron chi connectivity index (χ3n) is 4.49. The van der Waals surface area contributed by atoms with Crippen molar-refractivity contribution in [2.45, 2.75) is 38.9 Å². The van der Waals surface area contributed by atoms with Gasteiger partial charge in [-0.05, 0) is 25.5 Å². The second kappa shape index (κ2) is 7.08. The van der Waals surface area contributed by atoms with Crippen molar-refractivity contribution >= 4 is 5.91 Å². The molecular weight excluding hydrogens is 314 g/mol. The zero-order valence-electron chi connectivity index (χ0n) is 14.9. The van der Waals surface area contributed by atoms with Crippen LogP contribution >= 0.6 is 0 Å². The first kappa shape index (κ1) is 17.2. The van der Waals surface area contributed by atoms with Crippen LogP contribution in [0.15, 0.2) is 30.6 Å². The molecule has 0 saturated heterocycles. The van der Waals surface area contributed by atoms with Gasteiger partial charge >= 0.3 is 0 Å². The van der Waals surface area contributed by atoms with Gasteiger partial charge in [0.25, 0.3) is 0 Å². The topological polar surface area (TPSA) is 74.0 Å². The number of carbonyl (C=O) groups excluding carboxylic acids is 1. The van der Waals surface area contributed by atoms with Crippen molar-refractivity contribution in [3.05, 3.63) is 53.1 Å². The normalized spacial score (nSPS) is 17.2. The van der Waals surface area contributed by atoms with Crippen LogP contribution < -0.4 is 5.32 Å². The number of aryl methyl sites for hydroxylation is 1. The van der Waals surface area contributed by atoms with E-state index in [1.54, 1.807) is 6.33 Å². The number of rotatable bonds is 4. The standard InChI is InChI=1S/C19H23N5O/c1-13(2)22-19(25)16-10-24(11-17-18(16)23(3)12-21-17)9-15-7-5-4-6-14(15)8-20/h4-7,12-13,16H,9-11H2,1-3H3,(H,22,25). The van der Waals surface area contributed by atoms with Crippen LogP contribution in [0, 0.1) is 11.3 Å². The van der Waals surface area contributed by atoms with Gasteiger partial charge in [0, 0.05) is 32.7 Å². The molecule has 0 radical (unpaired) electrons. The minimum absolute atomic E-state index is 0.0260. The summed E-state index contributed by atoms with van der Waals surface area (Å²) in [7, 11) is 1.93. The second-order valence-electron chi connectivity index (χ2n) is 6.84. The molecule has 130 valence electrons. The van der Waals surface area contributed by atoms with E-state index in [1.807, 2.05) is 49.7 Å². The van der Waals surface area contributed by atoms with Crippen LogP contribution in [0.2, 0.25) is 0 Å². The molecule has 0 spiro atoms. The van der Waals surface area contributed by atoms with Gasteiger partial charge < -0.3 is 9.88 Å². The van der Waals surface area contributed by atoms with E-state index < -0.39 is 0 Å². The van der Waals surface area contributed by atoms with Gasteiger partial charge in [-0.25, -0.2) is 4.98 Å². The number of imidazole rings is 1. The zero-order chi connectivity index (χ0) is 18.0. The average molecular weight is 337 g/mol. The van der Waals surface area contributed by atoms with Crippen molar-refractivity contribution in [2.24, 2.45) is 7.05 Å². The Morgan fingerprint density at radius 1 is 1.44 bits per heavy atom. The average Bonchev–Trinajstić information content (AvgIpc) is 2.95. The Bertz CT molecular complexity index is 817. The maximum atomic E-state index is 12.7. The van der Waals surface area contributed by atoms with E-state index in [0.717, 1.165) is 17.0 Å². The number of aromatic nitrogens is 2.